The van der Waals surface area contributed by atoms with Crippen LogP contribution in [-0.2, 0) is 9.59 Å². The van der Waals surface area contributed by atoms with Crippen LogP contribution in [0.25, 0.3) is 6.08 Å². The maximum atomic E-state index is 13.1. The first-order valence-electron chi connectivity index (χ1n) is 8.42. The van der Waals surface area contributed by atoms with Crippen LogP contribution in [0.15, 0.2) is 48.0 Å². The number of hydrogen-bond acceptors (Lipinski definition) is 5. The summed E-state index contributed by atoms with van der Waals surface area (Å²) in [6.07, 6.45) is 1.43. The van der Waals surface area contributed by atoms with Crippen molar-refractivity contribution in [1.29, 1.82) is 0 Å². The molecule has 0 atom stereocenters. The van der Waals surface area contributed by atoms with Gasteiger partial charge in [-0.15, -0.1) is 0 Å². The van der Waals surface area contributed by atoms with Crippen LogP contribution >= 0.6 is 23.8 Å². The third-order valence-corrected chi connectivity index (χ3v) is 4.90. The summed E-state index contributed by atoms with van der Waals surface area (Å²) in [7, 11) is 1.44. The highest BCUT2D eigenvalue weighted by atomic mass is 35.5. The zero-order valence-corrected chi connectivity index (χ0v) is 16.8. The fourth-order valence-corrected chi connectivity index (χ4v) is 3.36. The molecule has 3 rings (SSSR count). The van der Waals surface area contributed by atoms with Gasteiger partial charge in [0.1, 0.15) is 5.57 Å². The van der Waals surface area contributed by atoms with E-state index in [4.69, 9.17) is 28.6 Å². The molecule has 1 fully saturated rings. The molecule has 0 unspecified atom stereocenters. The third kappa shape index (κ3) is 3.58. The Morgan fingerprint density at radius 3 is 2.39 bits per heavy atom. The summed E-state index contributed by atoms with van der Waals surface area (Å²) in [5.74, 6) is -0.831. The molecule has 0 radical (unpaired) electrons. The molecule has 1 N–H and O–H groups in total. The van der Waals surface area contributed by atoms with E-state index in [2.05, 4.69) is 0 Å². The third-order valence-electron chi connectivity index (χ3n) is 4.25. The first-order chi connectivity index (χ1) is 13.4. The number of likely N-dealkylation sites (N-methyl/N-ethyl adjacent to an activating group) is 1. The molecule has 0 saturated carbocycles. The molecule has 28 heavy (non-hydrogen) atoms. The van der Waals surface area contributed by atoms with Gasteiger partial charge in [-0.25, -0.2) is 0 Å². The molecular weight excluding hydrogens is 400 g/mol. The molecule has 2 aromatic rings. The Kier molecular flexibility index (Phi) is 5.67. The molecule has 1 heterocycles. The Balaban J connectivity index is 2.07. The largest absolute Gasteiger partial charge is 0.504 e. The van der Waals surface area contributed by atoms with Crippen molar-refractivity contribution in [2.45, 2.75) is 6.92 Å². The van der Waals surface area contributed by atoms with E-state index in [1.165, 1.54) is 29.1 Å². The van der Waals surface area contributed by atoms with Gasteiger partial charge in [0.05, 0.1) is 12.8 Å². The number of phenols is 1. The van der Waals surface area contributed by atoms with Crippen molar-refractivity contribution in [2.24, 2.45) is 0 Å². The van der Waals surface area contributed by atoms with Crippen molar-refractivity contribution in [1.82, 2.24) is 4.90 Å². The maximum Gasteiger partial charge on any atom is 0.270 e. The number of nitrogens with zero attached hydrogens (tertiary/aromatic N) is 2. The fourth-order valence-electron chi connectivity index (χ4n) is 2.84. The lowest BCUT2D eigenvalue weighted by molar-refractivity contribution is -0.127. The van der Waals surface area contributed by atoms with Crippen LogP contribution in [0.1, 0.15) is 12.5 Å². The van der Waals surface area contributed by atoms with Crippen LogP contribution in [-0.4, -0.2) is 40.6 Å². The Morgan fingerprint density at radius 2 is 1.82 bits per heavy atom. The van der Waals surface area contributed by atoms with Crippen LogP contribution in [0.3, 0.4) is 0 Å². The molecule has 6 nitrogen and oxygen atoms in total. The Hall–Kier alpha value is -2.90. The predicted octanol–water partition coefficient (Wildman–Crippen LogP) is 3.62. The van der Waals surface area contributed by atoms with E-state index in [0.29, 0.717) is 28.6 Å². The molecule has 2 amide bonds. The molecule has 144 valence electrons. The number of ether oxygens (including phenoxy) is 1. The van der Waals surface area contributed by atoms with Gasteiger partial charge in [-0.1, -0.05) is 17.7 Å². The summed E-state index contributed by atoms with van der Waals surface area (Å²) in [4.78, 5) is 28.6. The smallest absolute Gasteiger partial charge is 0.270 e. The average Bonchev–Trinajstić information content (AvgIpc) is 2.67. The normalized spacial score (nSPS) is 16.1. The number of benzene rings is 2. The van der Waals surface area contributed by atoms with Crippen molar-refractivity contribution in [2.75, 3.05) is 18.6 Å². The van der Waals surface area contributed by atoms with Gasteiger partial charge in [-0.2, -0.15) is 0 Å². The van der Waals surface area contributed by atoms with Crippen molar-refractivity contribution < 1.29 is 19.4 Å². The van der Waals surface area contributed by atoms with Gasteiger partial charge in [-0.3, -0.25) is 19.4 Å². The van der Waals surface area contributed by atoms with E-state index in [1.807, 2.05) is 0 Å². The van der Waals surface area contributed by atoms with Crippen molar-refractivity contribution >= 4 is 52.5 Å². The highest BCUT2D eigenvalue weighted by Gasteiger charge is 2.39. The van der Waals surface area contributed by atoms with Crippen LogP contribution in [0.2, 0.25) is 5.02 Å². The molecule has 0 aliphatic carbocycles. The van der Waals surface area contributed by atoms with Crippen LogP contribution < -0.4 is 9.64 Å². The van der Waals surface area contributed by atoms with Crippen LogP contribution in [0, 0.1) is 0 Å². The van der Waals surface area contributed by atoms with Gasteiger partial charge in [-0.05, 0) is 67.2 Å². The lowest BCUT2D eigenvalue weighted by Crippen LogP contribution is -2.56. The van der Waals surface area contributed by atoms with Crippen molar-refractivity contribution in [3.63, 3.8) is 0 Å². The van der Waals surface area contributed by atoms with E-state index in [-0.39, 0.29) is 16.4 Å². The van der Waals surface area contributed by atoms with Gasteiger partial charge >= 0.3 is 0 Å². The summed E-state index contributed by atoms with van der Waals surface area (Å²) >= 11 is 11.3. The lowest BCUT2D eigenvalue weighted by atomic mass is 10.1. The Bertz CT molecular complexity index is 988. The maximum absolute atomic E-state index is 13.1. The number of carbonyl (C=O) groups excluding carboxylic acids is 2. The zero-order valence-electron chi connectivity index (χ0n) is 15.2. The first kappa shape index (κ1) is 19.9. The Labute approximate surface area is 172 Å². The summed E-state index contributed by atoms with van der Waals surface area (Å²) in [5, 5.41) is 10.6. The fraction of sp³-hybridized carbons (Fsp3) is 0.150. The van der Waals surface area contributed by atoms with Gasteiger partial charge in [0.25, 0.3) is 11.8 Å². The number of hydrogen-bond donors (Lipinski definition) is 1. The number of thiocarbonyl (C=S) groups is 1. The van der Waals surface area contributed by atoms with Crippen molar-refractivity contribution in [3.8, 4) is 11.5 Å². The molecule has 1 aliphatic rings. The van der Waals surface area contributed by atoms with Gasteiger partial charge < -0.3 is 9.84 Å². The molecule has 8 heteroatoms. The standard InChI is InChI=1S/C20H17ClN2O4S/c1-3-22-18(25)15(10-12-4-9-17(27-2)16(24)11-12)19(26)23(20(22)28)14-7-5-13(21)6-8-14/h4-11,24H,3H2,1-2H3/b15-10+. The van der Waals surface area contributed by atoms with Crippen LogP contribution in [0.5, 0.6) is 11.5 Å². The molecular formula is C20H17ClN2O4S. The number of anilines is 1. The topological polar surface area (TPSA) is 70.1 Å². The quantitative estimate of drug-likeness (QED) is 0.468. The second-order valence-corrected chi connectivity index (χ2v) is 6.74. The zero-order chi connectivity index (χ0) is 20.4. The van der Waals surface area contributed by atoms with Gasteiger partial charge in [0, 0.05) is 11.6 Å². The molecule has 1 aliphatic heterocycles. The lowest BCUT2D eigenvalue weighted by Gasteiger charge is -2.36. The summed E-state index contributed by atoms with van der Waals surface area (Å²) < 4.78 is 5.02. The van der Waals surface area contributed by atoms with E-state index < -0.39 is 11.8 Å². The number of aromatic hydroxyl groups is 1. The molecule has 1 saturated heterocycles. The summed E-state index contributed by atoms with van der Waals surface area (Å²) in [6, 6.07) is 11.2. The number of phenolic OH excluding ortho intramolecular Hbond substituents is 1. The minimum Gasteiger partial charge on any atom is -0.504 e. The minimum absolute atomic E-state index is 0.0602. The number of rotatable bonds is 4. The second-order valence-electron chi connectivity index (χ2n) is 5.94. The Morgan fingerprint density at radius 1 is 1.14 bits per heavy atom. The summed E-state index contributed by atoms with van der Waals surface area (Å²) in [6.45, 7) is 2.08. The van der Waals surface area contributed by atoms with E-state index in [9.17, 15) is 14.7 Å². The molecule has 2 aromatic carbocycles. The number of methoxy groups -OCH3 is 1. The molecule has 0 bridgehead atoms. The minimum atomic E-state index is -0.544. The highest BCUT2D eigenvalue weighted by Crippen LogP contribution is 2.30. The summed E-state index contributed by atoms with van der Waals surface area (Å²) in [5.41, 5.74) is 0.929. The van der Waals surface area contributed by atoms with Gasteiger partial charge in [0.2, 0.25) is 0 Å². The first-order valence-corrected chi connectivity index (χ1v) is 9.20. The number of halogens is 1. The molecule has 0 spiro atoms. The second kappa shape index (κ2) is 8.00. The van der Waals surface area contributed by atoms with E-state index in [1.54, 1.807) is 43.3 Å². The monoisotopic (exact) mass is 416 g/mol. The van der Waals surface area contributed by atoms with E-state index >= 15 is 0 Å². The predicted molar refractivity (Wildman–Crippen MR) is 112 cm³/mol. The highest BCUT2D eigenvalue weighted by molar-refractivity contribution is 7.80. The van der Waals surface area contributed by atoms with E-state index in [0.717, 1.165) is 0 Å². The number of carbonyl (C=O) groups is 2. The molecule has 0 aromatic heterocycles. The number of amides is 2. The SMILES string of the molecule is CCN1C(=O)/C(=C\c2ccc(OC)c(O)c2)C(=O)N(c2ccc(Cl)cc2)C1=S. The van der Waals surface area contributed by atoms with Gasteiger partial charge in [0.15, 0.2) is 16.6 Å². The van der Waals surface area contributed by atoms with Crippen LogP contribution in [0.4, 0.5) is 5.69 Å². The average molecular weight is 417 g/mol. The van der Waals surface area contributed by atoms with Crippen molar-refractivity contribution in [3.05, 3.63) is 58.6 Å².